The van der Waals surface area contributed by atoms with Gasteiger partial charge in [-0.25, -0.2) is 0 Å². The molecule has 18 heavy (non-hydrogen) atoms. The molecule has 2 heteroatoms. The summed E-state index contributed by atoms with van der Waals surface area (Å²) in [5.74, 6) is 0.964. The topological polar surface area (TPSA) is 15.3 Å². The van der Waals surface area contributed by atoms with E-state index < -0.39 is 0 Å². The maximum absolute atomic E-state index is 3.73. The lowest BCUT2D eigenvalue weighted by molar-refractivity contribution is 0.172. The van der Waals surface area contributed by atoms with Crippen LogP contribution in [0.1, 0.15) is 65.2 Å². The van der Waals surface area contributed by atoms with Crippen molar-refractivity contribution >= 4 is 0 Å². The summed E-state index contributed by atoms with van der Waals surface area (Å²) in [7, 11) is 0. The van der Waals surface area contributed by atoms with Crippen molar-refractivity contribution in [3.8, 4) is 0 Å². The normalized spacial score (nSPS) is 36.0. The van der Waals surface area contributed by atoms with Crippen molar-refractivity contribution in [2.24, 2.45) is 5.92 Å². The maximum atomic E-state index is 3.73. The van der Waals surface area contributed by atoms with Crippen LogP contribution in [0.4, 0.5) is 0 Å². The molecule has 2 aliphatic rings. The third-order valence-electron chi connectivity index (χ3n) is 4.89. The van der Waals surface area contributed by atoms with Crippen LogP contribution in [0.3, 0.4) is 0 Å². The van der Waals surface area contributed by atoms with E-state index in [-0.39, 0.29) is 0 Å². The Morgan fingerprint density at radius 1 is 1.11 bits per heavy atom. The molecule has 1 saturated heterocycles. The fourth-order valence-electron chi connectivity index (χ4n) is 3.73. The van der Waals surface area contributed by atoms with Crippen molar-refractivity contribution < 1.29 is 0 Å². The second-order valence-electron chi connectivity index (χ2n) is 6.56. The number of nitrogens with zero attached hydrogens (tertiary/aromatic N) is 1. The molecule has 1 heterocycles. The van der Waals surface area contributed by atoms with Gasteiger partial charge < -0.3 is 5.32 Å². The number of rotatable bonds is 3. The van der Waals surface area contributed by atoms with Crippen LogP contribution in [-0.2, 0) is 0 Å². The lowest BCUT2D eigenvalue weighted by Gasteiger charge is -2.32. The van der Waals surface area contributed by atoms with E-state index in [1.807, 2.05) is 0 Å². The number of hydrogen-bond donors (Lipinski definition) is 1. The van der Waals surface area contributed by atoms with E-state index in [4.69, 9.17) is 0 Å². The molecule has 1 N–H and O–H groups in total. The van der Waals surface area contributed by atoms with Gasteiger partial charge in [-0.2, -0.15) is 0 Å². The highest BCUT2D eigenvalue weighted by Crippen LogP contribution is 2.26. The van der Waals surface area contributed by atoms with Crippen LogP contribution in [0, 0.1) is 5.92 Å². The molecule has 0 aromatic heterocycles. The molecule has 2 rings (SSSR count). The molecule has 0 bridgehead atoms. The van der Waals surface area contributed by atoms with Gasteiger partial charge in [-0.1, -0.05) is 33.1 Å². The largest absolute Gasteiger partial charge is 0.313 e. The van der Waals surface area contributed by atoms with Crippen molar-refractivity contribution in [1.82, 2.24) is 10.2 Å². The molecule has 3 atom stereocenters. The molecule has 3 unspecified atom stereocenters. The van der Waals surface area contributed by atoms with Crippen LogP contribution in [0.5, 0.6) is 0 Å². The van der Waals surface area contributed by atoms with E-state index in [1.165, 1.54) is 71.0 Å². The fourth-order valence-corrected chi connectivity index (χ4v) is 3.73. The Balaban J connectivity index is 1.88. The van der Waals surface area contributed by atoms with Gasteiger partial charge in [-0.3, -0.25) is 4.90 Å². The lowest BCUT2D eigenvalue weighted by Crippen LogP contribution is -2.42. The molecule has 106 valence electrons. The summed E-state index contributed by atoms with van der Waals surface area (Å²) < 4.78 is 0. The SMILES string of the molecule is CCCC1CN(C2CCCC(C)CC2)CCCN1. The Kier molecular flexibility index (Phi) is 5.97. The minimum absolute atomic E-state index is 0.748. The highest BCUT2D eigenvalue weighted by Gasteiger charge is 2.25. The molecule has 1 aliphatic carbocycles. The van der Waals surface area contributed by atoms with Gasteiger partial charge in [-0.15, -0.1) is 0 Å². The van der Waals surface area contributed by atoms with E-state index in [2.05, 4.69) is 24.1 Å². The van der Waals surface area contributed by atoms with Crippen molar-refractivity contribution in [2.45, 2.75) is 77.3 Å². The third kappa shape index (κ3) is 4.24. The molecular weight excluding hydrogens is 220 g/mol. The highest BCUT2D eigenvalue weighted by atomic mass is 15.2. The van der Waals surface area contributed by atoms with E-state index in [1.54, 1.807) is 0 Å². The molecule has 2 nitrogen and oxygen atoms in total. The molecular formula is C16H32N2. The van der Waals surface area contributed by atoms with Gasteiger partial charge in [0.25, 0.3) is 0 Å². The van der Waals surface area contributed by atoms with E-state index in [9.17, 15) is 0 Å². The number of nitrogens with one attached hydrogen (secondary N) is 1. The van der Waals surface area contributed by atoms with Crippen molar-refractivity contribution in [3.63, 3.8) is 0 Å². The summed E-state index contributed by atoms with van der Waals surface area (Å²) in [4.78, 5) is 2.82. The quantitative estimate of drug-likeness (QED) is 0.774. The Morgan fingerprint density at radius 3 is 2.83 bits per heavy atom. The van der Waals surface area contributed by atoms with Gasteiger partial charge in [0.1, 0.15) is 0 Å². The van der Waals surface area contributed by atoms with Crippen LogP contribution >= 0.6 is 0 Å². The Morgan fingerprint density at radius 2 is 2.00 bits per heavy atom. The van der Waals surface area contributed by atoms with Crippen LogP contribution in [0.2, 0.25) is 0 Å². The average Bonchev–Trinajstić information content (AvgIpc) is 2.70. The van der Waals surface area contributed by atoms with Gasteiger partial charge in [0.15, 0.2) is 0 Å². The first kappa shape index (κ1) is 14.3. The van der Waals surface area contributed by atoms with Crippen LogP contribution < -0.4 is 5.32 Å². The summed E-state index contributed by atoms with van der Waals surface area (Å²) in [5, 5.41) is 3.73. The van der Waals surface area contributed by atoms with Crippen molar-refractivity contribution in [3.05, 3.63) is 0 Å². The van der Waals surface area contributed by atoms with Crippen LogP contribution in [0.15, 0.2) is 0 Å². The smallest absolute Gasteiger partial charge is 0.0195 e. The molecule has 0 aromatic rings. The lowest BCUT2D eigenvalue weighted by atomic mass is 10.0. The molecule has 0 spiro atoms. The fraction of sp³-hybridized carbons (Fsp3) is 1.00. The third-order valence-corrected chi connectivity index (χ3v) is 4.89. The second-order valence-corrected chi connectivity index (χ2v) is 6.56. The average molecular weight is 252 g/mol. The van der Waals surface area contributed by atoms with E-state index in [0.29, 0.717) is 0 Å². The Hall–Kier alpha value is -0.0800. The van der Waals surface area contributed by atoms with Gasteiger partial charge in [0.2, 0.25) is 0 Å². The van der Waals surface area contributed by atoms with Gasteiger partial charge >= 0.3 is 0 Å². The molecule has 1 aliphatic heterocycles. The van der Waals surface area contributed by atoms with Crippen LogP contribution in [-0.4, -0.2) is 36.6 Å². The minimum atomic E-state index is 0.748. The predicted octanol–water partition coefficient (Wildman–Crippen LogP) is 3.42. The molecule has 2 fully saturated rings. The first-order valence-corrected chi connectivity index (χ1v) is 8.27. The van der Waals surface area contributed by atoms with E-state index >= 15 is 0 Å². The summed E-state index contributed by atoms with van der Waals surface area (Å²) >= 11 is 0. The zero-order chi connectivity index (χ0) is 12.8. The zero-order valence-electron chi connectivity index (χ0n) is 12.5. The molecule has 0 radical (unpaired) electrons. The zero-order valence-corrected chi connectivity index (χ0v) is 12.5. The minimum Gasteiger partial charge on any atom is -0.313 e. The van der Waals surface area contributed by atoms with Gasteiger partial charge in [-0.05, 0) is 51.1 Å². The number of hydrogen-bond acceptors (Lipinski definition) is 2. The second kappa shape index (κ2) is 7.49. The monoisotopic (exact) mass is 252 g/mol. The standard InChI is InChI=1S/C16H32N2/c1-3-6-15-13-18(12-5-11-17-15)16-8-4-7-14(2)9-10-16/h14-17H,3-13H2,1-2H3. The molecule has 1 saturated carbocycles. The molecule has 0 amide bonds. The van der Waals surface area contributed by atoms with Crippen molar-refractivity contribution in [1.29, 1.82) is 0 Å². The maximum Gasteiger partial charge on any atom is 0.0195 e. The first-order chi connectivity index (χ1) is 8.79. The van der Waals surface area contributed by atoms with Crippen LogP contribution in [0.25, 0.3) is 0 Å². The van der Waals surface area contributed by atoms with E-state index in [0.717, 1.165) is 18.0 Å². The summed E-state index contributed by atoms with van der Waals surface area (Å²) in [5.41, 5.74) is 0. The Bertz CT molecular complexity index is 229. The van der Waals surface area contributed by atoms with Crippen molar-refractivity contribution in [2.75, 3.05) is 19.6 Å². The Labute approximate surface area is 114 Å². The predicted molar refractivity (Wildman–Crippen MR) is 78.9 cm³/mol. The summed E-state index contributed by atoms with van der Waals surface area (Å²) in [6.07, 6.45) is 11.3. The van der Waals surface area contributed by atoms with Gasteiger partial charge in [0.05, 0.1) is 0 Å². The molecule has 0 aromatic carbocycles. The highest BCUT2D eigenvalue weighted by molar-refractivity contribution is 4.83. The summed E-state index contributed by atoms with van der Waals surface area (Å²) in [6, 6.07) is 1.63. The summed E-state index contributed by atoms with van der Waals surface area (Å²) in [6.45, 7) is 8.60. The van der Waals surface area contributed by atoms with Gasteiger partial charge in [0, 0.05) is 18.6 Å². The first-order valence-electron chi connectivity index (χ1n) is 8.27.